The summed E-state index contributed by atoms with van der Waals surface area (Å²) in [5.41, 5.74) is 10.5. The topological polar surface area (TPSA) is 113 Å². The molecule has 3 aromatic rings. The number of nitrogens with zero attached hydrogens (tertiary/aromatic N) is 4. The van der Waals surface area contributed by atoms with Crippen molar-refractivity contribution < 1.29 is 4.79 Å². The number of aromatic amines is 1. The number of imidazole rings is 1. The highest BCUT2D eigenvalue weighted by atomic mass is 16.1. The lowest BCUT2D eigenvalue weighted by Gasteiger charge is -2.27. The molecule has 1 aliphatic heterocycles. The van der Waals surface area contributed by atoms with Crippen LogP contribution in [0.5, 0.6) is 0 Å². The van der Waals surface area contributed by atoms with Gasteiger partial charge in [-0.25, -0.2) is 4.98 Å². The second-order valence-electron chi connectivity index (χ2n) is 8.03. The highest BCUT2D eigenvalue weighted by molar-refractivity contribution is 5.95. The minimum atomic E-state index is 0.0860. The summed E-state index contributed by atoms with van der Waals surface area (Å²) in [5.74, 6) is 1.51. The Morgan fingerprint density at radius 1 is 1.24 bits per heavy atom. The van der Waals surface area contributed by atoms with Crippen LogP contribution in [0.15, 0.2) is 24.5 Å². The van der Waals surface area contributed by atoms with Crippen LogP contribution < -0.4 is 16.0 Å². The number of fused-ring (bicyclic) bond motifs is 2. The number of carbonyl (C=O) groups is 1. The van der Waals surface area contributed by atoms with Crippen molar-refractivity contribution in [3.63, 3.8) is 0 Å². The van der Waals surface area contributed by atoms with E-state index < -0.39 is 0 Å². The third-order valence-electron chi connectivity index (χ3n) is 6.01. The zero-order chi connectivity index (χ0) is 20.0. The van der Waals surface area contributed by atoms with E-state index in [-0.39, 0.29) is 5.78 Å². The summed E-state index contributed by atoms with van der Waals surface area (Å²) in [6, 6.07) is 6.53. The van der Waals surface area contributed by atoms with E-state index in [0.29, 0.717) is 23.7 Å². The summed E-state index contributed by atoms with van der Waals surface area (Å²) in [6.07, 6.45) is 6.62. The Balaban J connectivity index is 1.49. The van der Waals surface area contributed by atoms with Crippen molar-refractivity contribution in [2.24, 2.45) is 5.73 Å². The van der Waals surface area contributed by atoms with Gasteiger partial charge in [-0.1, -0.05) is 0 Å². The number of nitrogens with two attached hydrogens (primary N) is 1. The number of aromatic nitrogens is 4. The van der Waals surface area contributed by atoms with Crippen molar-refractivity contribution >= 4 is 34.4 Å². The van der Waals surface area contributed by atoms with Crippen LogP contribution in [0.3, 0.4) is 0 Å². The number of anilines is 3. The van der Waals surface area contributed by atoms with Gasteiger partial charge in [0.1, 0.15) is 5.52 Å². The van der Waals surface area contributed by atoms with Gasteiger partial charge in [-0.3, -0.25) is 4.79 Å². The first kappa shape index (κ1) is 18.1. The highest BCUT2D eigenvalue weighted by Crippen LogP contribution is 2.37. The van der Waals surface area contributed by atoms with Crippen LogP contribution in [0.4, 0.5) is 17.5 Å². The largest absolute Gasteiger partial charge is 0.351 e. The van der Waals surface area contributed by atoms with Gasteiger partial charge in [-0.15, -0.1) is 0 Å². The molecule has 1 aliphatic carbocycles. The minimum Gasteiger partial charge on any atom is -0.351 e. The van der Waals surface area contributed by atoms with E-state index in [9.17, 15) is 4.79 Å². The van der Waals surface area contributed by atoms with Crippen LogP contribution in [0.2, 0.25) is 0 Å². The predicted octanol–water partition coefficient (Wildman–Crippen LogP) is 2.93. The molecule has 0 unspecified atom stereocenters. The van der Waals surface area contributed by atoms with Gasteiger partial charge in [0.05, 0.1) is 6.33 Å². The first-order valence-electron chi connectivity index (χ1n) is 10.2. The number of hydrogen-bond donors (Lipinski definition) is 3. The molecular formula is C21H25N7O. The Morgan fingerprint density at radius 2 is 2.07 bits per heavy atom. The van der Waals surface area contributed by atoms with Crippen LogP contribution in [-0.2, 0) is 6.42 Å². The maximum atomic E-state index is 11.7. The van der Waals surface area contributed by atoms with Gasteiger partial charge in [0.25, 0.3) is 0 Å². The molecular weight excluding hydrogens is 366 g/mol. The van der Waals surface area contributed by atoms with E-state index in [1.807, 2.05) is 18.2 Å². The molecule has 0 amide bonds. The summed E-state index contributed by atoms with van der Waals surface area (Å²) in [4.78, 5) is 30.9. The molecule has 8 nitrogen and oxygen atoms in total. The van der Waals surface area contributed by atoms with E-state index in [0.717, 1.165) is 61.2 Å². The fourth-order valence-electron chi connectivity index (χ4n) is 4.36. The van der Waals surface area contributed by atoms with Crippen LogP contribution in [0.1, 0.15) is 48.5 Å². The quantitative estimate of drug-likeness (QED) is 0.586. The number of carbonyl (C=O) groups excluding carboxylic acids is 1. The van der Waals surface area contributed by atoms with Gasteiger partial charge >= 0.3 is 0 Å². The lowest BCUT2D eigenvalue weighted by molar-refractivity contribution is 0.101. The Bertz CT molecular complexity index is 1070. The van der Waals surface area contributed by atoms with Crippen molar-refractivity contribution in [2.75, 3.05) is 16.8 Å². The van der Waals surface area contributed by atoms with Gasteiger partial charge < -0.3 is 20.9 Å². The normalized spacial score (nSPS) is 21.4. The molecule has 3 heterocycles. The summed E-state index contributed by atoms with van der Waals surface area (Å²) >= 11 is 0. The van der Waals surface area contributed by atoms with Crippen molar-refractivity contribution in [3.8, 4) is 0 Å². The standard InChI is InChI=1S/C21H25N7O/c1-12(29)13-2-7-17-14(10-13)8-9-28(17)20-18-19(24-11-23-18)26-21(27-20)25-16-5-3-15(22)4-6-16/h2,7,10-11,15-16H,3-6,8-9,22H2,1H3,(H2,23,24,25,26,27). The van der Waals surface area contributed by atoms with Crippen LogP contribution in [-0.4, -0.2) is 44.3 Å². The zero-order valence-electron chi connectivity index (χ0n) is 16.5. The van der Waals surface area contributed by atoms with Crippen LogP contribution in [0.25, 0.3) is 11.2 Å². The number of Topliss-reactive ketones (excluding diaryl/α,β-unsaturated/α-hetero) is 1. The first-order chi connectivity index (χ1) is 14.1. The maximum absolute atomic E-state index is 11.7. The van der Waals surface area contributed by atoms with Crippen LogP contribution >= 0.6 is 0 Å². The number of rotatable bonds is 4. The maximum Gasteiger partial charge on any atom is 0.227 e. The number of benzene rings is 1. The molecule has 29 heavy (non-hydrogen) atoms. The summed E-state index contributed by atoms with van der Waals surface area (Å²) in [7, 11) is 0. The van der Waals surface area contributed by atoms with Crippen molar-refractivity contribution in [1.82, 2.24) is 19.9 Å². The van der Waals surface area contributed by atoms with E-state index in [1.165, 1.54) is 5.56 Å². The molecule has 0 atom stereocenters. The summed E-state index contributed by atoms with van der Waals surface area (Å²) in [6.45, 7) is 2.41. The molecule has 2 aromatic heterocycles. The number of H-pyrrole nitrogens is 1. The smallest absolute Gasteiger partial charge is 0.227 e. The number of nitrogens with one attached hydrogen (secondary N) is 2. The van der Waals surface area contributed by atoms with Crippen LogP contribution in [0, 0.1) is 0 Å². The van der Waals surface area contributed by atoms with Crippen molar-refractivity contribution in [2.45, 2.75) is 51.1 Å². The SMILES string of the molecule is CC(=O)c1ccc2c(c1)CCN2c1nc(NC2CCC(N)CC2)nc2nc[nH]c12. The molecule has 5 rings (SSSR count). The molecule has 0 saturated heterocycles. The lowest BCUT2D eigenvalue weighted by Crippen LogP contribution is -2.33. The second kappa shape index (κ2) is 7.11. The molecule has 0 spiro atoms. The molecule has 4 N–H and O–H groups in total. The van der Waals surface area contributed by atoms with Crippen molar-refractivity contribution in [3.05, 3.63) is 35.7 Å². The second-order valence-corrected chi connectivity index (χ2v) is 8.03. The van der Waals surface area contributed by atoms with Gasteiger partial charge in [0.15, 0.2) is 17.2 Å². The molecule has 0 radical (unpaired) electrons. The third-order valence-corrected chi connectivity index (χ3v) is 6.01. The van der Waals surface area contributed by atoms with Gasteiger partial charge in [0.2, 0.25) is 5.95 Å². The Kier molecular flexibility index (Phi) is 4.43. The Morgan fingerprint density at radius 3 is 2.86 bits per heavy atom. The molecule has 1 saturated carbocycles. The van der Waals surface area contributed by atoms with E-state index in [2.05, 4.69) is 25.2 Å². The molecule has 2 aliphatic rings. The Labute approximate surface area is 168 Å². The fourth-order valence-corrected chi connectivity index (χ4v) is 4.36. The average Bonchev–Trinajstić information content (AvgIpc) is 3.35. The average molecular weight is 391 g/mol. The molecule has 1 aromatic carbocycles. The zero-order valence-corrected chi connectivity index (χ0v) is 16.5. The lowest BCUT2D eigenvalue weighted by atomic mass is 9.92. The molecule has 150 valence electrons. The van der Waals surface area contributed by atoms with Gasteiger partial charge in [-0.2, -0.15) is 9.97 Å². The van der Waals surface area contributed by atoms with E-state index in [1.54, 1.807) is 13.3 Å². The number of hydrogen-bond acceptors (Lipinski definition) is 7. The minimum absolute atomic E-state index is 0.0860. The van der Waals surface area contributed by atoms with Crippen molar-refractivity contribution in [1.29, 1.82) is 0 Å². The summed E-state index contributed by atoms with van der Waals surface area (Å²) < 4.78 is 0. The first-order valence-corrected chi connectivity index (χ1v) is 10.2. The summed E-state index contributed by atoms with van der Waals surface area (Å²) in [5, 5.41) is 3.49. The van der Waals surface area contributed by atoms with E-state index in [4.69, 9.17) is 10.7 Å². The number of ketones is 1. The predicted molar refractivity (Wildman–Crippen MR) is 113 cm³/mol. The fraction of sp³-hybridized carbons (Fsp3) is 0.429. The monoisotopic (exact) mass is 391 g/mol. The highest BCUT2D eigenvalue weighted by Gasteiger charge is 2.26. The van der Waals surface area contributed by atoms with E-state index >= 15 is 0 Å². The molecule has 8 heteroatoms. The van der Waals surface area contributed by atoms with Gasteiger partial charge in [-0.05, 0) is 62.8 Å². The third kappa shape index (κ3) is 3.33. The molecule has 0 bridgehead atoms. The Hall–Kier alpha value is -3.00. The molecule has 1 fully saturated rings. The van der Waals surface area contributed by atoms with Gasteiger partial charge in [0, 0.05) is 29.9 Å².